The molecule has 0 fully saturated rings. The van der Waals surface area contributed by atoms with Gasteiger partial charge in [-0.15, -0.1) is 0 Å². The average molecular weight is 383 g/mol. The van der Waals surface area contributed by atoms with Gasteiger partial charge in [-0.3, -0.25) is 4.79 Å². The van der Waals surface area contributed by atoms with Crippen LogP contribution >= 0.6 is 22.6 Å². The first kappa shape index (κ1) is 15.0. The summed E-state index contributed by atoms with van der Waals surface area (Å²) < 4.78 is 14.5. The van der Waals surface area contributed by atoms with Crippen LogP contribution in [0.1, 0.15) is 35.7 Å². The molecule has 2 aromatic rings. The Morgan fingerprint density at radius 1 is 1.15 bits per heavy atom. The maximum Gasteiger partial charge on any atom is 0.255 e. The van der Waals surface area contributed by atoms with E-state index in [4.69, 9.17) is 0 Å². The van der Waals surface area contributed by atoms with Crippen molar-refractivity contribution in [3.63, 3.8) is 0 Å². The van der Waals surface area contributed by atoms with Crippen molar-refractivity contribution in [1.29, 1.82) is 0 Å². The van der Waals surface area contributed by atoms with Crippen molar-refractivity contribution in [2.24, 2.45) is 0 Å². The molecule has 0 heterocycles. The van der Waals surface area contributed by atoms with E-state index >= 15 is 0 Å². The van der Waals surface area contributed by atoms with Crippen LogP contribution in [-0.2, 0) is 0 Å². The van der Waals surface area contributed by atoms with E-state index in [0.717, 1.165) is 3.57 Å². The molecule has 2 rings (SSSR count). The van der Waals surface area contributed by atoms with Crippen LogP contribution in [-0.4, -0.2) is 5.91 Å². The van der Waals surface area contributed by atoms with Gasteiger partial charge in [0.25, 0.3) is 5.91 Å². The zero-order valence-electron chi connectivity index (χ0n) is 11.3. The zero-order chi connectivity index (χ0) is 14.7. The van der Waals surface area contributed by atoms with Crippen molar-refractivity contribution in [1.82, 2.24) is 0 Å². The van der Waals surface area contributed by atoms with Gasteiger partial charge < -0.3 is 5.32 Å². The predicted octanol–water partition coefficient (Wildman–Crippen LogP) is 4.81. The average Bonchev–Trinajstić information content (AvgIpc) is 2.42. The van der Waals surface area contributed by atoms with Crippen molar-refractivity contribution >= 4 is 34.2 Å². The first-order chi connectivity index (χ1) is 9.47. The van der Waals surface area contributed by atoms with Gasteiger partial charge in [0.1, 0.15) is 5.82 Å². The van der Waals surface area contributed by atoms with Gasteiger partial charge >= 0.3 is 0 Å². The summed E-state index contributed by atoms with van der Waals surface area (Å²) in [5, 5.41) is 2.59. The van der Waals surface area contributed by atoms with E-state index < -0.39 is 5.82 Å². The van der Waals surface area contributed by atoms with Crippen LogP contribution in [0.15, 0.2) is 42.5 Å². The molecule has 0 aliphatic heterocycles. The monoisotopic (exact) mass is 383 g/mol. The Kier molecular flexibility index (Phi) is 4.75. The number of hydrogen-bond acceptors (Lipinski definition) is 1. The summed E-state index contributed by atoms with van der Waals surface area (Å²) in [7, 11) is 0. The highest BCUT2D eigenvalue weighted by atomic mass is 127. The van der Waals surface area contributed by atoms with Gasteiger partial charge in [-0.05, 0) is 64.4 Å². The Bertz CT molecular complexity index is 623. The minimum atomic E-state index is -0.427. The summed E-state index contributed by atoms with van der Waals surface area (Å²) in [6, 6.07) is 12.1. The Morgan fingerprint density at radius 3 is 2.35 bits per heavy atom. The summed E-state index contributed by atoms with van der Waals surface area (Å²) in [5.74, 6) is -0.315. The number of amides is 1. The fourth-order valence-electron chi connectivity index (χ4n) is 1.80. The first-order valence-electron chi connectivity index (χ1n) is 6.33. The molecular weight excluding hydrogens is 368 g/mol. The Morgan fingerprint density at radius 2 is 1.80 bits per heavy atom. The van der Waals surface area contributed by atoms with Gasteiger partial charge in [0.05, 0.1) is 5.69 Å². The number of hydrogen-bond donors (Lipinski definition) is 1. The van der Waals surface area contributed by atoms with Crippen LogP contribution < -0.4 is 5.32 Å². The maximum atomic E-state index is 13.7. The molecule has 0 bridgehead atoms. The zero-order valence-corrected chi connectivity index (χ0v) is 13.4. The third kappa shape index (κ3) is 3.56. The predicted molar refractivity (Wildman–Crippen MR) is 87.6 cm³/mol. The molecule has 0 unspecified atom stereocenters. The van der Waals surface area contributed by atoms with E-state index in [-0.39, 0.29) is 11.6 Å². The van der Waals surface area contributed by atoms with Crippen molar-refractivity contribution in [2.75, 3.05) is 5.32 Å². The van der Waals surface area contributed by atoms with Crippen LogP contribution in [0.25, 0.3) is 0 Å². The van der Waals surface area contributed by atoms with E-state index in [1.807, 2.05) is 34.7 Å². The molecule has 0 saturated carbocycles. The number of carbonyl (C=O) groups is 1. The number of rotatable bonds is 3. The first-order valence-corrected chi connectivity index (χ1v) is 7.41. The fourth-order valence-corrected chi connectivity index (χ4v) is 2.26. The number of carbonyl (C=O) groups excluding carboxylic acids is 1. The molecule has 0 aromatic heterocycles. The van der Waals surface area contributed by atoms with Gasteiger partial charge in [0.2, 0.25) is 0 Å². The minimum absolute atomic E-state index is 0.198. The van der Waals surface area contributed by atoms with Crippen molar-refractivity contribution in [3.05, 3.63) is 63.0 Å². The molecule has 2 nitrogen and oxygen atoms in total. The lowest BCUT2D eigenvalue weighted by Crippen LogP contribution is -2.13. The van der Waals surface area contributed by atoms with Gasteiger partial charge in [-0.2, -0.15) is 0 Å². The second-order valence-corrected chi connectivity index (χ2v) is 6.10. The highest BCUT2D eigenvalue weighted by Gasteiger charge is 2.10. The van der Waals surface area contributed by atoms with Crippen LogP contribution in [0.2, 0.25) is 0 Å². The lowest BCUT2D eigenvalue weighted by molar-refractivity contribution is 0.102. The molecule has 104 valence electrons. The Balaban J connectivity index is 2.15. The Labute approximate surface area is 131 Å². The van der Waals surface area contributed by atoms with Crippen molar-refractivity contribution < 1.29 is 9.18 Å². The van der Waals surface area contributed by atoms with Crippen molar-refractivity contribution in [3.8, 4) is 0 Å². The number of nitrogens with one attached hydrogen (secondary N) is 1. The number of anilines is 1. The number of benzene rings is 2. The molecule has 0 aliphatic rings. The normalized spacial score (nSPS) is 10.7. The molecule has 1 amide bonds. The molecule has 1 N–H and O–H groups in total. The van der Waals surface area contributed by atoms with Crippen LogP contribution in [0.4, 0.5) is 10.1 Å². The van der Waals surface area contributed by atoms with E-state index in [1.54, 1.807) is 24.3 Å². The summed E-state index contributed by atoms with van der Waals surface area (Å²) in [6.45, 7) is 4.19. The maximum absolute atomic E-state index is 13.7. The van der Waals surface area contributed by atoms with E-state index in [9.17, 15) is 9.18 Å². The van der Waals surface area contributed by atoms with Crippen LogP contribution in [0.3, 0.4) is 0 Å². The molecule has 2 aromatic carbocycles. The van der Waals surface area contributed by atoms with E-state index in [1.165, 1.54) is 11.6 Å². The standard InChI is InChI=1S/C16H15FINO/c1-10(2)11-3-5-12(6-4-11)16(20)19-15-8-7-13(18)9-14(15)17/h3-10H,1-2H3,(H,19,20). The van der Waals surface area contributed by atoms with Crippen molar-refractivity contribution in [2.45, 2.75) is 19.8 Å². The van der Waals surface area contributed by atoms with E-state index in [0.29, 0.717) is 11.5 Å². The van der Waals surface area contributed by atoms with E-state index in [2.05, 4.69) is 19.2 Å². The lowest BCUT2D eigenvalue weighted by atomic mass is 10.0. The highest BCUT2D eigenvalue weighted by molar-refractivity contribution is 14.1. The molecule has 0 radical (unpaired) electrons. The molecular formula is C16H15FINO. The summed E-state index contributed by atoms with van der Waals surface area (Å²) >= 11 is 2.02. The third-order valence-electron chi connectivity index (χ3n) is 3.02. The largest absolute Gasteiger partial charge is 0.319 e. The Hall–Kier alpha value is -1.43. The second kappa shape index (κ2) is 6.35. The summed E-state index contributed by atoms with van der Waals surface area (Å²) in [5.41, 5.74) is 1.89. The second-order valence-electron chi connectivity index (χ2n) is 4.86. The molecule has 4 heteroatoms. The quantitative estimate of drug-likeness (QED) is 0.758. The van der Waals surface area contributed by atoms with Gasteiger partial charge in [0, 0.05) is 9.13 Å². The summed E-state index contributed by atoms with van der Waals surface area (Å²) in [6.07, 6.45) is 0. The molecule has 0 aliphatic carbocycles. The molecule has 0 atom stereocenters. The minimum Gasteiger partial charge on any atom is -0.319 e. The topological polar surface area (TPSA) is 29.1 Å². The smallest absolute Gasteiger partial charge is 0.255 e. The van der Waals surface area contributed by atoms with Crippen LogP contribution in [0.5, 0.6) is 0 Å². The molecule has 0 spiro atoms. The number of halogens is 2. The highest BCUT2D eigenvalue weighted by Crippen LogP contribution is 2.19. The summed E-state index contributed by atoms with van der Waals surface area (Å²) in [4.78, 5) is 12.1. The SMILES string of the molecule is CC(C)c1ccc(C(=O)Nc2ccc(I)cc2F)cc1. The molecule has 20 heavy (non-hydrogen) atoms. The molecule has 0 saturated heterocycles. The van der Waals surface area contributed by atoms with Gasteiger partial charge in [-0.1, -0.05) is 26.0 Å². The van der Waals surface area contributed by atoms with Crippen LogP contribution in [0, 0.1) is 9.39 Å². The third-order valence-corrected chi connectivity index (χ3v) is 3.69. The fraction of sp³-hybridized carbons (Fsp3) is 0.188. The lowest BCUT2D eigenvalue weighted by Gasteiger charge is -2.09. The van der Waals surface area contributed by atoms with Gasteiger partial charge in [-0.25, -0.2) is 4.39 Å². The van der Waals surface area contributed by atoms with Gasteiger partial charge in [0.15, 0.2) is 0 Å².